The van der Waals surface area contributed by atoms with Crippen LogP contribution in [-0.2, 0) is 9.84 Å². The number of halogens is 1. The van der Waals surface area contributed by atoms with Gasteiger partial charge in [0.1, 0.15) is 5.69 Å². The third-order valence-electron chi connectivity index (χ3n) is 3.94. The van der Waals surface area contributed by atoms with E-state index >= 15 is 0 Å². The van der Waals surface area contributed by atoms with E-state index in [2.05, 4.69) is 31.4 Å². The lowest BCUT2D eigenvalue weighted by molar-refractivity contribution is 0.0948. The van der Waals surface area contributed by atoms with E-state index in [0.717, 1.165) is 10.0 Å². The highest BCUT2D eigenvalue weighted by Gasteiger charge is 2.14. The van der Waals surface area contributed by atoms with E-state index in [9.17, 15) is 13.2 Å². The molecule has 0 fully saturated rings. The van der Waals surface area contributed by atoms with Gasteiger partial charge in [-0.1, -0.05) is 46.3 Å². The Balaban J connectivity index is 1.52. The Labute approximate surface area is 166 Å². The Morgan fingerprint density at radius 2 is 1.78 bits per heavy atom. The second-order valence-electron chi connectivity index (χ2n) is 5.92. The molecule has 1 amide bonds. The second kappa shape index (κ2) is 8.49. The van der Waals surface area contributed by atoms with E-state index in [1.54, 1.807) is 36.4 Å². The van der Waals surface area contributed by atoms with Gasteiger partial charge in [-0.2, -0.15) is 5.10 Å². The highest BCUT2D eigenvalue weighted by atomic mass is 79.9. The Morgan fingerprint density at radius 1 is 1.07 bits per heavy atom. The maximum atomic E-state index is 12.2. The Kier molecular flexibility index (Phi) is 6.08. The highest BCUT2D eigenvalue weighted by molar-refractivity contribution is 9.10. The maximum absolute atomic E-state index is 12.2. The number of hydrogen-bond acceptors (Lipinski definition) is 4. The minimum atomic E-state index is -3.33. The third-order valence-corrected chi connectivity index (χ3v) is 6.29. The molecule has 0 aliphatic heterocycles. The van der Waals surface area contributed by atoms with Gasteiger partial charge in [-0.3, -0.25) is 9.89 Å². The normalized spacial score (nSPS) is 11.3. The highest BCUT2D eigenvalue weighted by Crippen LogP contribution is 2.20. The minimum Gasteiger partial charge on any atom is -0.351 e. The summed E-state index contributed by atoms with van der Waals surface area (Å²) in [6, 6.07) is 17.6. The number of sulfone groups is 1. The van der Waals surface area contributed by atoms with Gasteiger partial charge in [0.05, 0.1) is 16.3 Å². The molecule has 1 aromatic heterocycles. The molecule has 0 aliphatic rings. The van der Waals surface area contributed by atoms with Gasteiger partial charge in [0.25, 0.3) is 5.91 Å². The molecule has 1 heterocycles. The first-order valence-corrected chi connectivity index (χ1v) is 10.8. The van der Waals surface area contributed by atoms with Gasteiger partial charge >= 0.3 is 0 Å². The Hall–Kier alpha value is -2.45. The van der Waals surface area contributed by atoms with Gasteiger partial charge in [0.2, 0.25) is 0 Å². The van der Waals surface area contributed by atoms with Crippen LogP contribution in [0.1, 0.15) is 16.9 Å². The molecule has 3 rings (SSSR count). The van der Waals surface area contributed by atoms with Crippen molar-refractivity contribution >= 4 is 31.7 Å². The SMILES string of the molecule is O=C(NCCCS(=O)(=O)c1ccccc1)c1cc(-c2ccc(Br)cc2)n[nH]1. The zero-order valence-electron chi connectivity index (χ0n) is 14.4. The number of nitrogens with one attached hydrogen (secondary N) is 2. The fourth-order valence-electron chi connectivity index (χ4n) is 2.51. The zero-order chi connectivity index (χ0) is 19.3. The molecule has 0 saturated carbocycles. The van der Waals surface area contributed by atoms with Crippen molar-refractivity contribution < 1.29 is 13.2 Å². The molecule has 8 heteroatoms. The van der Waals surface area contributed by atoms with Crippen molar-refractivity contribution in [2.75, 3.05) is 12.3 Å². The maximum Gasteiger partial charge on any atom is 0.269 e. The van der Waals surface area contributed by atoms with Gasteiger partial charge < -0.3 is 5.32 Å². The number of amides is 1. The molecule has 0 unspecified atom stereocenters. The van der Waals surface area contributed by atoms with Crippen LogP contribution in [0.4, 0.5) is 0 Å². The lowest BCUT2D eigenvalue weighted by Gasteiger charge is -2.05. The van der Waals surface area contributed by atoms with E-state index in [-0.39, 0.29) is 18.2 Å². The summed E-state index contributed by atoms with van der Waals surface area (Å²) in [5.41, 5.74) is 1.89. The molecule has 27 heavy (non-hydrogen) atoms. The quantitative estimate of drug-likeness (QED) is 0.542. The smallest absolute Gasteiger partial charge is 0.269 e. The number of hydrogen-bond donors (Lipinski definition) is 2. The van der Waals surface area contributed by atoms with Crippen molar-refractivity contribution in [2.45, 2.75) is 11.3 Å². The summed E-state index contributed by atoms with van der Waals surface area (Å²) in [6.07, 6.45) is 0.330. The van der Waals surface area contributed by atoms with Crippen LogP contribution in [0.15, 0.2) is 70.0 Å². The molecule has 0 saturated heterocycles. The fourth-order valence-corrected chi connectivity index (χ4v) is 4.11. The standard InChI is InChI=1S/C19H18BrN3O3S/c20-15-9-7-14(8-10-15)17-13-18(23-22-17)19(24)21-11-4-12-27(25,26)16-5-2-1-3-6-16/h1-3,5-10,13H,4,11-12H2,(H,21,24)(H,22,23). The van der Waals surface area contributed by atoms with Crippen molar-refractivity contribution in [1.29, 1.82) is 0 Å². The van der Waals surface area contributed by atoms with Gasteiger partial charge in [-0.15, -0.1) is 0 Å². The van der Waals surface area contributed by atoms with Crippen LogP contribution >= 0.6 is 15.9 Å². The lowest BCUT2D eigenvalue weighted by Crippen LogP contribution is -2.26. The molecule has 0 spiro atoms. The average Bonchev–Trinajstić information content (AvgIpc) is 3.17. The van der Waals surface area contributed by atoms with Crippen molar-refractivity contribution in [3.05, 3.63) is 70.8 Å². The molecule has 140 valence electrons. The number of H-pyrrole nitrogens is 1. The van der Waals surface area contributed by atoms with Crippen molar-refractivity contribution in [1.82, 2.24) is 15.5 Å². The molecular formula is C19H18BrN3O3S. The zero-order valence-corrected chi connectivity index (χ0v) is 16.8. The van der Waals surface area contributed by atoms with Crippen LogP contribution in [0, 0.1) is 0 Å². The topological polar surface area (TPSA) is 91.9 Å². The van der Waals surface area contributed by atoms with E-state index in [1.165, 1.54) is 0 Å². The number of benzene rings is 2. The average molecular weight is 448 g/mol. The third kappa shape index (κ3) is 5.05. The molecule has 0 bridgehead atoms. The molecule has 2 N–H and O–H groups in total. The summed E-state index contributed by atoms with van der Waals surface area (Å²) in [7, 11) is -3.33. The van der Waals surface area contributed by atoms with Crippen LogP contribution in [0.25, 0.3) is 11.3 Å². The first-order valence-electron chi connectivity index (χ1n) is 8.33. The van der Waals surface area contributed by atoms with Crippen LogP contribution in [0.3, 0.4) is 0 Å². The summed E-state index contributed by atoms with van der Waals surface area (Å²) < 4.78 is 25.4. The second-order valence-corrected chi connectivity index (χ2v) is 8.94. The van der Waals surface area contributed by atoms with E-state index in [1.807, 2.05) is 24.3 Å². The van der Waals surface area contributed by atoms with Gasteiger partial charge in [0.15, 0.2) is 9.84 Å². The van der Waals surface area contributed by atoms with Crippen LogP contribution < -0.4 is 5.32 Å². The predicted molar refractivity (Wildman–Crippen MR) is 107 cm³/mol. The number of nitrogens with zero attached hydrogens (tertiary/aromatic N) is 1. The Morgan fingerprint density at radius 3 is 2.48 bits per heavy atom. The van der Waals surface area contributed by atoms with Crippen molar-refractivity contribution in [2.24, 2.45) is 0 Å². The summed E-state index contributed by atoms with van der Waals surface area (Å²) in [5, 5.41) is 9.57. The minimum absolute atomic E-state index is 0.0234. The van der Waals surface area contributed by atoms with Crippen LogP contribution in [-0.4, -0.2) is 36.8 Å². The summed E-state index contributed by atoms with van der Waals surface area (Å²) in [5.74, 6) is -0.340. The predicted octanol–water partition coefficient (Wildman–Crippen LogP) is 3.43. The summed E-state index contributed by atoms with van der Waals surface area (Å²) in [4.78, 5) is 12.5. The monoisotopic (exact) mass is 447 g/mol. The van der Waals surface area contributed by atoms with Crippen molar-refractivity contribution in [3.63, 3.8) is 0 Å². The number of carbonyl (C=O) groups excluding carboxylic acids is 1. The number of rotatable bonds is 7. The molecule has 2 aromatic carbocycles. The van der Waals surface area contributed by atoms with Crippen LogP contribution in [0.5, 0.6) is 0 Å². The van der Waals surface area contributed by atoms with Gasteiger partial charge in [-0.05, 0) is 36.8 Å². The summed E-state index contributed by atoms with van der Waals surface area (Å²) in [6.45, 7) is 0.261. The molecule has 0 aliphatic carbocycles. The number of aromatic nitrogens is 2. The van der Waals surface area contributed by atoms with Crippen LogP contribution in [0.2, 0.25) is 0 Å². The fraction of sp³-hybridized carbons (Fsp3) is 0.158. The molecule has 3 aromatic rings. The first-order chi connectivity index (χ1) is 13.0. The molecule has 0 atom stereocenters. The first kappa shape index (κ1) is 19.3. The van der Waals surface area contributed by atoms with Crippen molar-refractivity contribution in [3.8, 4) is 11.3 Å². The van der Waals surface area contributed by atoms with E-state index in [0.29, 0.717) is 22.7 Å². The lowest BCUT2D eigenvalue weighted by atomic mass is 10.1. The van der Waals surface area contributed by atoms with E-state index < -0.39 is 9.84 Å². The van der Waals surface area contributed by atoms with Gasteiger partial charge in [0, 0.05) is 16.6 Å². The largest absolute Gasteiger partial charge is 0.351 e. The van der Waals surface area contributed by atoms with E-state index in [4.69, 9.17) is 0 Å². The molecular weight excluding hydrogens is 430 g/mol. The Bertz CT molecular complexity index is 1020. The summed E-state index contributed by atoms with van der Waals surface area (Å²) >= 11 is 3.38. The molecule has 6 nitrogen and oxygen atoms in total. The number of aromatic amines is 1. The van der Waals surface area contributed by atoms with Gasteiger partial charge in [-0.25, -0.2) is 8.42 Å². The number of carbonyl (C=O) groups is 1. The molecule has 0 radical (unpaired) electrons.